The van der Waals surface area contributed by atoms with Gasteiger partial charge in [0.15, 0.2) is 5.96 Å². The van der Waals surface area contributed by atoms with Crippen LogP contribution < -0.4 is 15.4 Å². The van der Waals surface area contributed by atoms with Crippen LogP contribution in [0.3, 0.4) is 0 Å². The number of nitrogens with one attached hydrogen (secondary N) is 3. The smallest absolute Gasteiger partial charge is 0.216 e. The second-order valence-corrected chi connectivity index (χ2v) is 7.80. The van der Waals surface area contributed by atoms with Crippen molar-refractivity contribution in [2.24, 2.45) is 4.99 Å². The minimum atomic E-state index is -3.30. The van der Waals surface area contributed by atoms with Gasteiger partial charge in [-0.05, 0) is 31.4 Å². The van der Waals surface area contributed by atoms with Crippen molar-refractivity contribution in [3.63, 3.8) is 0 Å². The Bertz CT molecular complexity index is 628. The molecule has 1 aromatic rings. The van der Waals surface area contributed by atoms with Crippen molar-refractivity contribution in [2.45, 2.75) is 38.6 Å². The molecule has 0 saturated heterocycles. The molecule has 0 spiro atoms. The molecule has 0 heterocycles. The van der Waals surface area contributed by atoms with Gasteiger partial charge in [0.1, 0.15) is 0 Å². The lowest BCUT2D eigenvalue weighted by atomic mass is 10.1. The first-order valence-corrected chi connectivity index (χ1v) is 10.0. The molecule has 1 rings (SSSR count). The Morgan fingerprint density at radius 3 is 2.36 bits per heavy atom. The molecule has 0 aliphatic carbocycles. The van der Waals surface area contributed by atoms with Gasteiger partial charge < -0.3 is 15.4 Å². The summed E-state index contributed by atoms with van der Waals surface area (Å²) in [6, 6.07) is 7.42. The van der Waals surface area contributed by atoms with E-state index < -0.39 is 10.0 Å². The molecule has 0 atom stereocenters. The van der Waals surface area contributed by atoms with Gasteiger partial charge in [0.2, 0.25) is 10.0 Å². The topological polar surface area (TPSA) is 91.8 Å². The van der Waals surface area contributed by atoms with Gasteiger partial charge in [-0.15, -0.1) is 0 Å². The van der Waals surface area contributed by atoms with E-state index in [1.165, 1.54) is 0 Å². The maximum atomic E-state index is 11.9. The van der Waals surface area contributed by atoms with Crippen molar-refractivity contribution in [1.82, 2.24) is 15.4 Å². The highest BCUT2D eigenvalue weighted by Crippen LogP contribution is 2.08. The second kappa shape index (κ2) is 11.1. The highest BCUT2D eigenvalue weighted by molar-refractivity contribution is 7.88. The summed E-state index contributed by atoms with van der Waals surface area (Å²) in [6.45, 7) is 5.72. The van der Waals surface area contributed by atoms with E-state index in [2.05, 4.69) is 20.3 Å². The van der Waals surface area contributed by atoms with Crippen LogP contribution in [0.4, 0.5) is 0 Å². The second-order valence-electron chi connectivity index (χ2n) is 6.05. The lowest BCUT2D eigenvalue weighted by Crippen LogP contribution is -2.37. The summed E-state index contributed by atoms with van der Waals surface area (Å²) in [6.07, 6.45) is 0.908. The van der Waals surface area contributed by atoms with Crippen LogP contribution in [0.5, 0.6) is 0 Å². The predicted octanol–water partition coefficient (Wildman–Crippen LogP) is 1.22. The zero-order valence-electron chi connectivity index (χ0n) is 15.5. The molecule has 0 radical (unpaired) electrons. The van der Waals surface area contributed by atoms with Crippen molar-refractivity contribution < 1.29 is 13.2 Å². The van der Waals surface area contributed by atoms with Gasteiger partial charge in [0, 0.05) is 39.9 Å². The zero-order chi connectivity index (χ0) is 18.7. The Balaban J connectivity index is 2.48. The highest BCUT2D eigenvalue weighted by Gasteiger charge is 2.12. The van der Waals surface area contributed by atoms with E-state index in [1.54, 1.807) is 14.2 Å². The van der Waals surface area contributed by atoms with Crippen LogP contribution >= 0.6 is 0 Å². The van der Waals surface area contributed by atoms with Crippen LogP contribution in [0.2, 0.25) is 0 Å². The van der Waals surface area contributed by atoms with E-state index in [-0.39, 0.29) is 11.8 Å². The summed E-state index contributed by atoms with van der Waals surface area (Å²) < 4.78 is 31.5. The molecule has 25 heavy (non-hydrogen) atoms. The molecule has 142 valence electrons. The number of nitrogens with zero attached hydrogens (tertiary/aromatic N) is 1. The molecule has 0 aromatic heterocycles. The first kappa shape index (κ1) is 21.4. The molecule has 0 fully saturated rings. The number of hydrogen-bond donors (Lipinski definition) is 3. The molecular weight excluding hydrogens is 340 g/mol. The van der Waals surface area contributed by atoms with E-state index in [9.17, 15) is 8.42 Å². The van der Waals surface area contributed by atoms with Crippen LogP contribution in [-0.2, 0) is 27.1 Å². The predicted molar refractivity (Wildman–Crippen MR) is 102 cm³/mol. The third kappa shape index (κ3) is 9.42. The number of rotatable bonds is 10. The average molecular weight is 371 g/mol. The average Bonchev–Trinajstić information content (AvgIpc) is 2.54. The molecule has 0 amide bonds. The lowest BCUT2D eigenvalue weighted by molar-refractivity contribution is 0.195. The largest absolute Gasteiger partial charge is 0.385 e. The van der Waals surface area contributed by atoms with Gasteiger partial charge in [-0.25, -0.2) is 13.1 Å². The molecule has 0 aliphatic heterocycles. The fourth-order valence-electron chi connectivity index (χ4n) is 2.20. The summed E-state index contributed by atoms with van der Waals surface area (Å²) in [5, 5.41) is 6.43. The minimum absolute atomic E-state index is 0.0123. The van der Waals surface area contributed by atoms with E-state index >= 15 is 0 Å². The Morgan fingerprint density at radius 1 is 1.16 bits per heavy atom. The number of sulfonamides is 1. The van der Waals surface area contributed by atoms with Gasteiger partial charge in [0.05, 0.1) is 5.75 Å². The molecule has 0 saturated carbocycles. The first-order chi connectivity index (χ1) is 11.9. The summed E-state index contributed by atoms with van der Waals surface area (Å²) in [5.41, 5.74) is 1.82. The van der Waals surface area contributed by atoms with Crippen molar-refractivity contribution in [3.05, 3.63) is 35.4 Å². The minimum Gasteiger partial charge on any atom is -0.385 e. The Kier molecular flexibility index (Phi) is 9.48. The number of ether oxygens (including phenoxy) is 1. The summed E-state index contributed by atoms with van der Waals surface area (Å²) in [7, 11) is 0.108. The van der Waals surface area contributed by atoms with E-state index in [1.807, 2.05) is 38.1 Å². The number of aliphatic imine (C=N–C) groups is 1. The Labute approximate surface area is 151 Å². The highest BCUT2D eigenvalue weighted by atomic mass is 32.2. The standard InChI is InChI=1S/C17H30N4O3S/c1-14(2)21-25(22,23)13-16-8-6-15(7-9-16)12-20-17(18-3)19-10-5-11-24-4/h6-9,14,21H,5,10-13H2,1-4H3,(H2,18,19,20). The number of methoxy groups -OCH3 is 1. The van der Waals surface area contributed by atoms with Crippen LogP contribution in [0, 0.1) is 0 Å². The van der Waals surface area contributed by atoms with Crippen molar-refractivity contribution in [2.75, 3.05) is 27.3 Å². The molecular formula is C17H30N4O3S. The molecule has 0 aliphatic rings. The Hall–Kier alpha value is -1.64. The molecule has 7 nitrogen and oxygen atoms in total. The zero-order valence-corrected chi connectivity index (χ0v) is 16.3. The maximum absolute atomic E-state index is 11.9. The molecule has 8 heteroatoms. The first-order valence-electron chi connectivity index (χ1n) is 8.37. The van der Waals surface area contributed by atoms with Crippen molar-refractivity contribution in [1.29, 1.82) is 0 Å². The van der Waals surface area contributed by atoms with Gasteiger partial charge in [-0.3, -0.25) is 4.99 Å². The quantitative estimate of drug-likeness (QED) is 0.327. The summed E-state index contributed by atoms with van der Waals surface area (Å²) in [5.74, 6) is 0.714. The van der Waals surface area contributed by atoms with Crippen LogP contribution in [0.15, 0.2) is 29.3 Å². The monoisotopic (exact) mass is 370 g/mol. The van der Waals surface area contributed by atoms with E-state index in [4.69, 9.17) is 4.74 Å². The molecule has 1 aromatic carbocycles. The van der Waals surface area contributed by atoms with Crippen LogP contribution in [0.25, 0.3) is 0 Å². The fourth-order valence-corrected chi connectivity index (χ4v) is 3.64. The van der Waals surface area contributed by atoms with Crippen molar-refractivity contribution >= 4 is 16.0 Å². The SMILES string of the molecule is CN=C(NCCCOC)NCc1ccc(CS(=O)(=O)NC(C)C)cc1. The van der Waals surface area contributed by atoms with Crippen molar-refractivity contribution in [3.8, 4) is 0 Å². The van der Waals surface area contributed by atoms with Crippen LogP contribution in [-0.4, -0.2) is 47.7 Å². The molecule has 0 bridgehead atoms. The summed E-state index contributed by atoms with van der Waals surface area (Å²) in [4.78, 5) is 4.16. The van der Waals surface area contributed by atoms with Gasteiger partial charge >= 0.3 is 0 Å². The maximum Gasteiger partial charge on any atom is 0.216 e. The third-order valence-corrected chi connectivity index (χ3v) is 4.84. The Morgan fingerprint density at radius 2 is 1.80 bits per heavy atom. The number of guanidine groups is 1. The molecule has 3 N–H and O–H groups in total. The number of hydrogen-bond acceptors (Lipinski definition) is 4. The normalized spacial score (nSPS) is 12.4. The van der Waals surface area contributed by atoms with Gasteiger partial charge in [-0.1, -0.05) is 24.3 Å². The van der Waals surface area contributed by atoms with Crippen LogP contribution in [0.1, 0.15) is 31.4 Å². The third-order valence-electron chi connectivity index (χ3n) is 3.30. The fraction of sp³-hybridized carbons (Fsp3) is 0.588. The van der Waals surface area contributed by atoms with Gasteiger partial charge in [-0.2, -0.15) is 0 Å². The molecule has 0 unspecified atom stereocenters. The van der Waals surface area contributed by atoms with E-state index in [0.29, 0.717) is 13.2 Å². The number of benzene rings is 1. The van der Waals surface area contributed by atoms with Gasteiger partial charge in [0.25, 0.3) is 0 Å². The summed E-state index contributed by atoms with van der Waals surface area (Å²) >= 11 is 0. The lowest BCUT2D eigenvalue weighted by Gasteiger charge is -2.12. The van der Waals surface area contributed by atoms with E-state index in [0.717, 1.165) is 30.1 Å².